The molecule has 2 heterocycles. The minimum absolute atomic E-state index is 0.406. The van der Waals surface area contributed by atoms with Crippen molar-refractivity contribution >= 4 is 7.12 Å². The highest BCUT2D eigenvalue weighted by atomic mass is 16.4. The van der Waals surface area contributed by atoms with Gasteiger partial charge in [-0.1, -0.05) is 6.42 Å². The predicted molar refractivity (Wildman–Crippen MR) is 60.6 cm³/mol. The Balaban J connectivity index is 1.88. The first-order valence-electron chi connectivity index (χ1n) is 5.91. The molecule has 15 heavy (non-hydrogen) atoms. The maximum Gasteiger partial charge on any atom is 0.451 e. The topological polar surface area (TPSA) is 55.7 Å². The second-order valence-electron chi connectivity index (χ2n) is 5.11. The third kappa shape index (κ3) is 2.20. The number of fused-ring (bicyclic) bond motifs is 1. The van der Waals surface area contributed by atoms with Crippen molar-refractivity contribution in [3.63, 3.8) is 0 Å². The second-order valence-corrected chi connectivity index (χ2v) is 5.11. The van der Waals surface area contributed by atoms with Crippen LogP contribution in [0.4, 0.5) is 0 Å². The molecule has 2 atom stereocenters. The van der Waals surface area contributed by atoms with E-state index in [1.54, 1.807) is 0 Å². The van der Waals surface area contributed by atoms with Gasteiger partial charge in [-0.15, -0.1) is 0 Å². The van der Waals surface area contributed by atoms with E-state index in [1.807, 2.05) is 0 Å². The van der Waals surface area contributed by atoms with Gasteiger partial charge in [-0.05, 0) is 32.8 Å². The third-order valence-electron chi connectivity index (χ3n) is 4.15. The maximum absolute atomic E-state index is 8.85. The van der Waals surface area contributed by atoms with E-state index in [2.05, 4.69) is 17.3 Å². The molecule has 5 heteroatoms. The van der Waals surface area contributed by atoms with Crippen LogP contribution >= 0.6 is 0 Å². The zero-order chi connectivity index (χ0) is 10.9. The quantitative estimate of drug-likeness (QED) is 0.551. The summed E-state index contributed by atoms with van der Waals surface area (Å²) < 4.78 is 0. The van der Waals surface area contributed by atoms with Gasteiger partial charge in [0.2, 0.25) is 0 Å². The molecule has 0 aromatic carbocycles. The Bertz CT molecular complexity index is 227. The molecule has 0 aromatic rings. The molecule has 2 aliphatic heterocycles. The van der Waals surface area contributed by atoms with Crippen LogP contribution in [0.25, 0.3) is 0 Å². The molecule has 0 amide bonds. The summed E-state index contributed by atoms with van der Waals surface area (Å²) in [5.74, 6) is 0. The van der Waals surface area contributed by atoms with Crippen LogP contribution in [0.15, 0.2) is 0 Å². The van der Waals surface area contributed by atoms with Crippen molar-refractivity contribution in [2.45, 2.75) is 31.6 Å². The first kappa shape index (κ1) is 11.4. The van der Waals surface area contributed by atoms with Crippen molar-refractivity contribution in [3.8, 4) is 0 Å². The van der Waals surface area contributed by atoms with Crippen LogP contribution in [-0.2, 0) is 0 Å². The van der Waals surface area contributed by atoms with E-state index in [9.17, 15) is 0 Å². The summed E-state index contributed by atoms with van der Waals surface area (Å²) in [4.78, 5) is 2.44. The highest BCUT2D eigenvalue weighted by molar-refractivity contribution is 6.40. The van der Waals surface area contributed by atoms with E-state index in [0.29, 0.717) is 17.8 Å². The summed E-state index contributed by atoms with van der Waals surface area (Å²) in [6, 6.07) is 0.660. The van der Waals surface area contributed by atoms with Crippen LogP contribution in [-0.4, -0.2) is 54.8 Å². The normalized spacial score (nSPS) is 35.8. The Hall–Kier alpha value is -0.0951. The molecule has 2 rings (SSSR count). The summed E-state index contributed by atoms with van der Waals surface area (Å²) in [5, 5.41) is 21.2. The lowest BCUT2D eigenvalue weighted by Crippen LogP contribution is -2.36. The predicted octanol–water partition coefficient (Wildman–Crippen LogP) is -0.467. The van der Waals surface area contributed by atoms with Crippen molar-refractivity contribution in [1.29, 1.82) is 0 Å². The van der Waals surface area contributed by atoms with Crippen LogP contribution in [0.5, 0.6) is 0 Å². The van der Waals surface area contributed by atoms with Crippen molar-refractivity contribution in [2.24, 2.45) is 5.41 Å². The largest absolute Gasteiger partial charge is 0.451 e. The molecule has 4 nitrogen and oxygen atoms in total. The number of hydrogen-bond donors (Lipinski definition) is 3. The lowest BCUT2D eigenvalue weighted by Gasteiger charge is -2.29. The van der Waals surface area contributed by atoms with Crippen LogP contribution in [0.2, 0.25) is 6.32 Å². The van der Waals surface area contributed by atoms with E-state index in [1.165, 1.54) is 13.0 Å². The number of likely N-dealkylation sites (tertiary alicyclic amines) is 1. The van der Waals surface area contributed by atoms with Crippen LogP contribution in [0, 0.1) is 5.41 Å². The van der Waals surface area contributed by atoms with Gasteiger partial charge in [0.05, 0.1) is 0 Å². The van der Waals surface area contributed by atoms with Crippen molar-refractivity contribution < 1.29 is 10.0 Å². The molecule has 86 valence electrons. The lowest BCUT2D eigenvalue weighted by atomic mass is 9.74. The number of nitrogens with one attached hydrogen (secondary N) is 1. The molecule has 0 radical (unpaired) electrons. The summed E-state index contributed by atoms with van der Waals surface area (Å²) in [6.07, 6.45) is 3.80. The van der Waals surface area contributed by atoms with E-state index >= 15 is 0 Å². The van der Waals surface area contributed by atoms with E-state index in [-0.39, 0.29) is 0 Å². The SMILES string of the molecule is CN1CC[C@]2(CCCB(O)O)CNC[C@H]12. The molecule has 0 spiro atoms. The van der Waals surface area contributed by atoms with E-state index in [4.69, 9.17) is 10.0 Å². The van der Waals surface area contributed by atoms with Crippen LogP contribution in [0.3, 0.4) is 0 Å². The van der Waals surface area contributed by atoms with Crippen LogP contribution in [0.1, 0.15) is 19.3 Å². The van der Waals surface area contributed by atoms with Gasteiger partial charge in [0.15, 0.2) is 0 Å². The molecular formula is C10H21BN2O2. The Labute approximate surface area is 91.8 Å². The monoisotopic (exact) mass is 212 g/mol. The standard InChI is InChI=1S/C10H21BN2O2/c1-13-6-4-10(3-2-5-11(14)15)8-12-7-9(10)13/h9,12,14-15H,2-8H2,1H3/t9-,10+/m0/s1. The molecule has 0 saturated carbocycles. The van der Waals surface area contributed by atoms with Gasteiger partial charge in [-0.25, -0.2) is 0 Å². The Morgan fingerprint density at radius 2 is 2.33 bits per heavy atom. The Morgan fingerprint density at radius 1 is 1.53 bits per heavy atom. The molecule has 0 bridgehead atoms. The van der Waals surface area contributed by atoms with Crippen molar-refractivity contribution in [1.82, 2.24) is 10.2 Å². The first-order valence-corrected chi connectivity index (χ1v) is 5.91. The molecule has 0 unspecified atom stereocenters. The molecule has 3 N–H and O–H groups in total. The minimum Gasteiger partial charge on any atom is -0.427 e. The van der Waals surface area contributed by atoms with Gasteiger partial charge in [0.1, 0.15) is 0 Å². The number of rotatable bonds is 4. The molecule has 2 aliphatic rings. The molecule has 2 fully saturated rings. The van der Waals surface area contributed by atoms with Gasteiger partial charge < -0.3 is 20.3 Å². The molecular weight excluding hydrogens is 191 g/mol. The molecule has 0 aromatic heterocycles. The average molecular weight is 212 g/mol. The molecule has 2 saturated heterocycles. The zero-order valence-corrected chi connectivity index (χ0v) is 9.45. The maximum atomic E-state index is 8.85. The van der Waals surface area contributed by atoms with Crippen molar-refractivity contribution in [3.05, 3.63) is 0 Å². The van der Waals surface area contributed by atoms with Gasteiger partial charge >= 0.3 is 7.12 Å². The fourth-order valence-electron chi connectivity index (χ4n) is 3.24. The first-order chi connectivity index (χ1) is 7.14. The van der Waals surface area contributed by atoms with Gasteiger partial charge in [-0.2, -0.15) is 0 Å². The third-order valence-corrected chi connectivity index (χ3v) is 4.15. The van der Waals surface area contributed by atoms with Crippen LogP contribution < -0.4 is 5.32 Å². The highest BCUT2D eigenvalue weighted by Gasteiger charge is 2.48. The fourth-order valence-corrected chi connectivity index (χ4v) is 3.24. The zero-order valence-electron chi connectivity index (χ0n) is 9.45. The highest BCUT2D eigenvalue weighted by Crippen LogP contribution is 2.42. The van der Waals surface area contributed by atoms with E-state index < -0.39 is 7.12 Å². The summed E-state index contributed by atoms with van der Waals surface area (Å²) in [5.41, 5.74) is 0.406. The van der Waals surface area contributed by atoms with Gasteiger partial charge in [0, 0.05) is 24.5 Å². The molecule has 0 aliphatic carbocycles. The number of likely N-dealkylation sites (N-methyl/N-ethyl adjacent to an activating group) is 1. The van der Waals surface area contributed by atoms with Crippen molar-refractivity contribution in [2.75, 3.05) is 26.7 Å². The van der Waals surface area contributed by atoms with Gasteiger partial charge in [-0.3, -0.25) is 0 Å². The summed E-state index contributed by atoms with van der Waals surface area (Å²) in [6.45, 7) is 3.38. The summed E-state index contributed by atoms with van der Waals surface area (Å²) >= 11 is 0. The van der Waals surface area contributed by atoms with Gasteiger partial charge in [0.25, 0.3) is 0 Å². The number of nitrogens with zero attached hydrogens (tertiary/aromatic N) is 1. The Morgan fingerprint density at radius 3 is 3.07 bits per heavy atom. The van der Waals surface area contributed by atoms with E-state index in [0.717, 1.165) is 25.9 Å². The smallest absolute Gasteiger partial charge is 0.427 e. The summed E-state index contributed by atoms with van der Waals surface area (Å²) in [7, 11) is 1.06. The number of hydrogen-bond acceptors (Lipinski definition) is 4. The minimum atomic E-state index is -1.13. The average Bonchev–Trinajstić information content (AvgIpc) is 2.68. The fraction of sp³-hybridized carbons (Fsp3) is 1.00. The Kier molecular flexibility index (Phi) is 3.35. The second kappa shape index (κ2) is 4.41. The lowest BCUT2D eigenvalue weighted by molar-refractivity contribution is 0.216.